The van der Waals surface area contributed by atoms with Gasteiger partial charge in [0.05, 0.1) is 18.3 Å². The summed E-state index contributed by atoms with van der Waals surface area (Å²) >= 11 is 0. The van der Waals surface area contributed by atoms with Crippen LogP contribution in [0, 0.1) is 22.7 Å². The number of rotatable bonds is 1. The second-order valence-electron chi connectivity index (χ2n) is 8.69. The van der Waals surface area contributed by atoms with E-state index in [0.717, 1.165) is 38.5 Å². The second-order valence-corrected chi connectivity index (χ2v) is 8.69. The average molecular weight is 318 g/mol. The number of hydrogen-bond acceptors (Lipinski definition) is 3. The van der Waals surface area contributed by atoms with Gasteiger partial charge in [-0.25, -0.2) is 0 Å². The number of hydrogen-bond donors (Lipinski definition) is 2. The zero-order valence-electron chi connectivity index (χ0n) is 14.6. The molecule has 2 N–H and O–H groups in total. The summed E-state index contributed by atoms with van der Waals surface area (Å²) in [6.45, 7) is 4.63. The smallest absolute Gasteiger partial charge is 0.0790 e. The fourth-order valence-electron chi connectivity index (χ4n) is 6.17. The van der Waals surface area contributed by atoms with Crippen LogP contribution in [0.2, 0.25) is 0 Å². The summed E-state index contributed by atoms with van der Waals surface area (Å²) in [5.41, 5.74) is 3.15. The van der Waals surface area contributed by atoms with Crippen LogP contribution in [0.4, 0.5) is 0 Å². The maximum Gasteiger partial charge on any atom is 0.0790 e. The van der Waals surface area contributed by atoms with Crippen LogP contribution in [0.25, 0.3) is 0 Å². The first-order valence-electron chi connectivity index (χ1n) is 9.22. The highest BCUT2D eigenvalue weighted by atomic mass is 16.5. The zero-order valence-corrected chi connectivity index (χ0v) is 14.6. The van der Waals surface area contributed by atoms with Gasteiger partial charge < -0.3 is 14.9 Å². The molecular weight excluding hydrogens is 288 g/mol. The Labute approximate surface area is 139 Å². The summed E-state index contributed by atoms with van der Waals surface area (Å²) in [6, 6.07) is 0. The molecule has 3 nitrogen and oxygen atoms in total. The second kappa shape index (κ2) is 5.18. The number of allylic oxidation sites excluding steroid dienone is 2. The fourth-order valence-corrected chi connectivity index (χ4v) is 6.17. The predicted molar refractivity (Wildman–Crippen MR) is 89.9 cm³/mol. The van der Waals surface area contributed by atoms with Crippen molar-refractivity contribution in [3.8, 4) is 0 Å². The highest BCUT2D eigenvalue weighted by molar-refractivity contribution is 5.40. The van der Waals surface area contributed by atoms with Gasteiger partial charge in [0.1, 0.15) is 0 Å². The first-order valence-corrected chi connectivity index (χ1v) is 9.22. The van der Waals surface area contributed by atoms with E-state index in [1.54, 1.807) is 5.57 Å². The molecule has 0 aromatic heterocycles. The van der Waals surface area contributed by atoms with Crippen LogP contribution in [0.5, 0.6) is 0 Å². The van der Waals surface area contributed by atoms with Crippen molar-refractivity contribution in [2.24, 2.45) is 22.7 Å². The number of aliphatic hydroxyl groups excluding tert-OH is 2. The van der Waals surface area contributed by atoms with Crippen LogP contribution in [0.15, 0.2) is 23.3 Å². The molecule has 4 rings (SSSR count). The predicted octanol–water partition coefficient (Wildman–Crippen LogP) is 3.22. The molecule has 3 heteroatoms. The SMILES string of the molecule is COC1CC2CC(O)C=C[C@]2(C)C2=C1[C@@H]1CCC(O)[C@@]1(C)CC2. The molecule has 4 aliphatic rings. The van der Waals surface area contributed by atoms with Gasteiger partial charge in [-0.2, -0.15) is 0 Å². The minimum Gasteiger partial charge on any atom is -0.393 e. The first-order chi connectivity index (χ1) is 10.9. The van der Waals surface area contributed by atoms with Crippen LogP contribution in [0.1, 0.15) is 52.4 Å². The lowest BCUT2D eigenvalue weighted by molar-refractivity contribution is -0.00361. The van der Waals surface area contributed by atoms with Crippen LogP contribution in [-0.4, -0.2) is 35.6 Å². The van der Waals surface area contributed by atoms with E-state index >= 15 is 0 Å². The van der Waals surface area contributed by atoms with Crippen molar-refractivity contribution in [1.29, 1.82) is 0 Å². The molecule has 7 atom stereocenters. The van der Waals surface area contributed by atoms with Crippen molar-refractivity contribution >= 4 is 0 Å². The number of aliphatic hydroxyl groups is 2. The van der Waals surface area contributed by atoms with Gasteiger partial charge in [0.15, 0.2) is 0 Å². The lowest BCUT2D eigenvalue weighted by atomic mass is 9.52. The molecule has 0 amide bonds. The molecule has 1 fully saturated rings. The van der Waals surface area contributed by atoms with Gasteiger partial charge in [0.25, 0.3) is 0 Å². The molecule has 0 heterocycles. The van der Waals surface area contributed by atoms with E-state index in [2.05, 4.69) is 19.9 Å². The molecule has 0 aromatic carbocycles. The molecule has 0 aromatic rings. The van der Waals surface area contributed by atoms with Crippen molar-refractivity contribution < 1.29 is 14.9 Å². The van der Waals surface area contributed by atoms with Crippen LogP contribution in [0.3, 0.4) is 0 Å². The summed E-state index contributed by atoms with van der Waals surface area (Å²) < 4.78 is 5.93. The number of fused-ring (bicyclic) bond motifs is 4. The standard InChI is InChI=1S/C20H30O3/c1-19-8-6-13(21)10-12(19)11-16(23-3)18-14-4-5-17(22)20(14,2)9-7-15(18)19/h6,8,12-14,16-17,21-22H,4-5,7,9-11H2,1-3H3/t12?,13?,14-,16?,17?,19-,20-/m0/s1. The summed E-state index contributed by atoms with van der Waals surface area (Å²) in [7, 11) is 1.82. The average Bonchev–Trinajstić information content (AvgIpc) is 2.83. The summed E-state index contributed by atoms with van der Waals surface area (Å²) in [6.07, 6.45) is 9.92. The Morgan fingerprint density at radius 2 is 1.96 bits per heavy atom. The van der Waals surface area contributed by atoms with E-state index in [-0.39, 0.29) is 29.1 Å². The quantitative estimate of drug-likeness (QED) is 0.730. The van der Waals surface area contributed by atoms with Crippen LogP contribution >= 0.6 is 0 Å². The van der Waals surface area contributed by atoms with Gasteiger partial charge >= 0.3 is 0 Å². The Kier molecular flexibility index (Phi) is 3.57. The minimum absolute atomic E-state index is 0.0245. The van der Waals surface area contributed by atoms with E-state index in [1.807, 2.05) is 13.2 Å². The zero-order chi connectivity index (χ0) is 16.4. The minimum atomic E-state index is -0.310. The molecule has 0 spiro atoms. The van der Waals surface area contributed by atoms with Gasteiger partial charge in [-0.05, 0) is 55.9 Å². The van der Waals surface area contributed by atoms with Gasteiger partial charge in [-0.3, -0.25) is 0 Å². The summed E-state index contributed by atoms with van der Waals surface area (Å²) in [5, 5.41) is 20.6. The topological polar surface area (TPSA) is 49.7 Å². The number of ether oxygens (including phenoxy) is 1. The molecule has 4 aliphatic carbocycles. The van der Waals surface area contributed by atoms with Crippen molar-refractivity contribution in [3.05, 3.63) is 23.3 Å². The van der Waals surface area contributed by atoms with E-state index in [1.165, 1.54) is 5.57 Å². The lowest BCUT2D eigenvalue weighted by Gasteiger charge is -2.54. The van der Waals surface area contributed by atoms with E-state index in [9.17, 15) is 10.2 Å². The molecule has 128 valence electrons. The Morgan fingerprint density at radius 3 is 2.70 bits per heavy atom. The molecule has 23 heavy (non-hydrogen) atoms. The van der Waals surface area contributed by atoms with Gasteiger partial charge in [0.2, 0.25) is 0 Å². The summed E-state index contributed by atoms with van der Waals surface area (Å²) in [5.74, 6) is 0.922. The van der Waals surface area contributed by atoms with Gasteiger partial charge in [-0.1, -0.05) is 31.6 Å². The Bertz CT molecular complexity index is 565. The molecular formula is C20H30O3. The Hall–Kier alpha value is -0.640. The largest absolute Gasteiger partial charge is 0.393 e. The number of methoxy groups -OCH3 is 1. The van der Waals surface area contributed by atoms with E-state index in [4.69, 9.17) is 4.74 Å². The third-order valence-corrected chi connectivity index (χ3v) is 7.74. The van der Waals surface area contributed by atoms with Crippen molar-refractivity contribution in [2.75, 3.05) is 7.11 Å². The molecule has 0 saturated heterocycles. The maximum atomic E-state index is 10.6. The molecule has 0 bridgehead atoms. The molecule has 0 aliphatic heterocycles. The normalized spacial score (nSPS) is 52.1. The summed E-state index contributed by atoms with van der Waals surface area (Å²) in [4.78, 5) is 0. The monoisotopic (exact) mass is 318 g/mol. The first kappa shape index (κ1) is 15.9. The Morgan fingerprint density at radius 1 is 1.17 bits per heavy atom. The highest BCUT2D eigenvalue weighted by Crippen LogP contribution is 2.62. The Balaban J connectivity index is 1.84. The third kappa shape index (κ3) is 2.06. The fraction of sp³-hybridized carbons (Fsp3) is 0.800. The van der Waals surface area contributed by atoms with E-state index < -0.39 is 0 Å². The van der Waals surface area contributed by atoms with E-state index in [0.29, 0.717) is 11.8 Å². The highest BCUT2D eigenvalue weighted by Gasteiger charge is 2.56. The molecule has 1 saturated carbocycles. The maximum absolute atomic E-state index is 10.6. The lowest BCUT2D eigenvalue weighted by Crippen LogP contribution is -2.48. The third-order valence-electron chi connectivity index (χ3n) is 7.74. The molecule has 4 unspecified atom stereocenters. The van der Waals surface area contributed by atoms with Gasteiger partial charge in [0, 0.05) is 17.9 Å². The van der Waals surface area contributed by atoms with Crippen molar-refractivity contribution in [2.45, 2.75) is 70.7 Å². The van der Waals surface area contributed by atoms with Crippen molar-refractivity contribution in [1.82, 2.24) is 0 Å². The van der Waals surface area contributed by atoms with Crippen LogP contribution < -0.4 is 0 Å². The van der Waals surface area contributed by atoms with Gasteiger partial charge in [-0.15, -0.1) is 0 Å². The van der Waals surface area contributed by atoms with Crippen LogP contribution in [-0.2, 0) is 4.74 Å². The van der Waals surface area contributed by atoms with Crippen molar-refractivity contribution in [3.63, 3.8) is 0 Å². The molecule has 0 radical (unpaired) electrons.